The van der Waals surface area contributed by atoms with Crippen molar-refractivity contribution >= 4 is 45.5 Å². The standard InChI is InChI=1S/C18H20N4OS3/c1-11-9-24-17(19-11)25-10-12-7-5-6-8-13(12)14(23)20-16-22-21-15(26-16)18(2,3)4/h5-9H,10H2,1-4H3,(H,20,22,23). The van der Waals surface area contributed by atoms with Crippen LogP contribution < -0.4 is 5.32 Å². The predicted octanol–water partition coefficient (Wildman–Crippen LogP) is 5.15. The van der Waals surface area contributed by atoms with Crippen LogP contribution in [0.2, 0.25) is 0 Å². The van der Waals surface area contributed by atoms with Gasteiger partial charge in [0.15, 0.2) is 0 Å². The van der Waals surface area contributed by atoms with Gasteiger partial charge in [-0.3, -0.25) is 10.1 Å². The van der Waals surface area contributed by atoms with E-state index in [2.05, 4.69) is 41.3 Å². The molecule has 0 atom stereocenters. The Morgan fingerprint density at radius 3 is 2.65 bits per heavy atom. The zero-order valence-corrected chi connectivity index (χ0v) is 17.5. The van der Waals surface area contributed by atoms with Crippen LogP contribution in [0.4, 0.5) is 5.13 Å². The second-order valence-corrected chi connectivity index (χ2v) is 9.88. The number of hydrogen-bond acceptors (Lipinski definition) is 7. The van der Waals surface area contributed by atoms with E-state index < -0.39 is 0 Å². The maximum absolute atomic E-state index is 12.7. The van der Waals surface area contributed by atoms with Gasteiger partial charge in [-0.2, -0.15) is 0 Å². The van der Waals surface area contributed by atoms with Crippen LogP contribution in [-0.2, 0) is 11.2 Å². The van der Waals surface area contributed by atoms with Crippen LogP contribution in [0, 0.1) is 6.92 Å². The molecule has 1 N–H and O–H groups in total. The number of benzene rings is 1. The number of anilines is 1. The van der Waals surface area contributed by atoms with Crippen molar-refractivity contribution in [1.82, 2.24) is 15.2 Å². The van der Waals surface area contributed by atoms with Crippen LogP contribution in [0.1, 0.15) is 47.4 Å². The van der Waals surface area contributed by atoms with E-state index in [1.807, 2.05) is 36.6 Å². The molecule has 26 heavy (non-hydrogen) atoms. The summed E-state index contributed by atoms with van der Waals surface area (Å²) in [7, 11) is 0. The number of carbonyl (C=O) groups is 1. The summed E-state index contributed by atoms with van der Waals surface area (Å²) in [6.45, 7) is 8.21. The van der Waals surface area contributed by atoms with Gasteiger partial charge in [0.2, 0.25) is 5.13 Å². The van der Waals surface area contributed by atoms with Gasteiger partial charge in [0, 0.05) is 27.8 Å². The molecule has 0 saturated carbocycles. The second kappa shape index (κ2) is 7.85. The van der Waals surface area contributed by atoms with E-state index in [1.165, 1.54) is 11.3 Å². The molecule has 2 heterocycles. The molecule has 0 bridgehead atoms. The average Bonchev–Trinajstić information content (AvgIpc) is 3.22. The summed E-state index contributed by atoms with van der Waals surface area (Å²) < 4.78 is 1.01. The van der Waals surface area contributed by atoms with Gasteiger partial charge < -0.3 is 0 Å². The molecule has 1 aromatic carbocycles. The predicted molar refractivity (Wildman–Crippen MR) is 109 cm³/mol. The lowest BCUT2D eigenvalue weighted by Crippen LogP contribution is -2.13. The summed E-state index contributed by atoms with van der Waals surface area (Å²) in [5, 5.41) is 14.6. The lowest BCUT2D eigenvalue weighted by Gasteiger charge is -2.12. The van der Waals surface area contributed by atoms with E-state index in [0.29, 0.717) is 16.4 Å². The van der Waals surface area contributed by atoms with E-state index in [-0.39, 0.29) is 11.3 Å². The van der Waals surface area contributed by atoms with Crippen LogP contribution in [0.5, 0.6) is 0 Å². The zero-order chi connectivity index (χ0) is 18.7. The molecule has 0 aliphatic rings. The molecule has 1 amide bonds. The van der Waals surface area contributed by atoms with Crippen molar-refractivity contribution in [2.45, 2.75) is 43.2 Å². The maximum atomic E-state index is 12.7. The summed E-state index contributed by atoms with van der Waals surface area (Å²) in [5.41, 5.74) is 2.57. The monoisotopic (exact) mass is 404 g/mol. The molecule has 5 nitrogen and oxygen atoms in total. The quantitative estimate of drug-likeness (QED) is 0.596. The fourth-order valence-electron chi connectivity index (χ4n) is 2.15. The van der Waals surface area contributed by atoms with Crippen molar-refractivity contribution in [2.24, 2.45) is 0 Å². The summed E-state index contributed by atoms with van der Waals surface area (Å²) in [5.74, 6) is 0.535. The molecule has 0 radical (unpaired) electrons. The Balaban J connectivity index is 1.72. The Morgan fingerprint density at radius 1 is 1.23 bits per heavy atom. The highest BCUT2D eigenvalue weighted by atomic mass is 32.2. The number of amides is 1. The van der Waals surface area contributed by atoms with Crippen molar-refractivity contribution in [3.8, 4) is 0 Å². The molecule has 136 valence electrons. The number of rotatable bonds is 5. The first-order chi connectivity index (χ1) is 12.3. The van der Waals surface area contributed by atoms with E-state index in [4.69, 9.17) is 0 Å². The van der Waals surface area contributed by atoms with Crippen LogP contribution in [0.3, 0.4) is 0 Å². The van der Waals surface area contributed by atoms with Crippen LogP contribution >= 0.6 is 34.4 Å². The fourth-order valence-corrected chi connectivity index (χ4v) is 4.80. The first-order valence-electron chi connectivity index (χ1n) is 8.11. The van der Waals surface area contributed by atoms with Gasteiger partial charge in [-0.25, -0.2) is 4.98 Å². The minimum absolute atomic E-state index is 0.0823. The van der Waals surface area contributed by atoms with Crippen molar-refractivity contribution in [1.29, 1.82) is 0 Å². The summed E-state index contributed by atoms with van der Waals surface area (Å²) >= 11 is 4.68. The molecule has 0 spiro atoms. The number of carbonyl (C=O) groups excluding carboxylic acids is 1. The topological polar surface area (TPSA) is 67.8 Å². The lowest BCUT2D eigenvalue weighted by atomic mass is 9.98. The van der Waals surface area contributed by atoms with Gasteiger partial charge >= 0.3 is 0 Å². The minimum Gasteiger partial charge on any atom is -0.296 e. The molecule has 3 aromatic rings. The highest BCUT2D eigenvalue weighted by Crippen LogP contribution is 2.29. The molecule has 0 unspecified atom stereocenters. The van der Waals surface area contributed by atoms with Crippen LogP contribution in [0.25, 0.3) is 0 Å². The molecular weight excluding hydrogens is 384 g/mol. The first kappa shape index (κ1) is 19.0. The third kappa shape index (κ3) is 4.69. The highest BCUT2D eigenvalue weighted by Gasteiger charge is 2.21. The van der Waals surface area contributed by atoms with Crippen LogP contribution in [-0.4, -0.2) is 21.1 Å². The number of hydrogen-bond donors (Lipinski definition) is 1. The lowest BCUT2D eigenvalue weighted by molar-refractivity contribution is 0.102. The highest BCUT2D eigenvalue weighted by molar-refractivity contribution is 8.00. The van der Waals surface area contributed by atoms with Gasteiger partial charge in [-0.05, 0) is 18.6 Å². The smallest absolute Gasteiger partial charge is 0.257 e. The van der Waals surface area contributed by atoms with Crippen molar-refractivity contribution in [3.63, 3.8) is 0 Å². The third-order valence-electron chi connectivity index (χ3n) is 3.50. The normalized spacial score (nSPS) is 11.5. The number of thioether (sulfide) groups is 1. The number of aromatic nitrogens is 3. The van der Waals surface area contributed by atoms with E-state index in [0.717, 1.165) is 20.6 Å². The number of aryl methyl sites for hydroxylation is 1. The molecular formula is C18H20N4OS3. The number of nitrogens with one attached hydrogen (secondary N) is 1. The Bertz CT molecular complexity index is 911. The van der Waals surface area contributed by atoms with E-state index in [1.54, 1.807) is 23.1 Å². The van der Waals surface area contributed by atoms with E-state index >= 15 is 0 Å². The van der Waals surface area contributed by atoms with E-state index in [9.17, 15) is 4.79 Å². The maximum Gasteiger partial charge on any atom is 0.257 e. The summed E-state index contributed by atoms with van der Waals surface area (Å²) in [4.78, 5) is 17.2. The molecule has 2 aromatic heterocycles. The zero-order valence-electron chi connectivity index (χ0n) is 15.1. The van der Waals surface area contributed by atoms with Gasteiger partial charge in [0.25, 0.3) is 5.91 Å². The van der Waals surface area contributed by atoms with Crippen molar-refractivity contribution in [2.75, 3.05) is 5.32 Å². The number of thiazole rings is 1. The first-order valence-corrected chi connectivity index (χ1v) is 10.8. The van der Waals surface area contributed by atoms with Gasteiger partial charge in [0.05, 0.1) is 0 Å². The van der Waals surface area contributed by atoms with Gasteiger partial charge in [0.1, 0.15) is 9.35 Å². The molecule has 0 aliphatic heterocycles. The fraction of sp³-hybridized carbons (Fsp3) is 0.333. The Kier molecular flexibility index (Phi) is 5.74. The molecule has 0 fully saturated rings. The Labute approximate surface area is 165 Å². The third-order valence-corrected chi connectivity index (χ3v) is 6.95. The average molecular weight is 405 g/mol. The molecule has 0 saturated heterocycles. The van der Waals surface area contributed by atoms with Gasteiger partial charge in [-0.15, -0.1) is 21.5 Å². The number of nitrogens with zero attached hydrogens (tertiary/aromatic N) is 3. The SMILES string of the molecule is Cc1csc(SCc2ccccc2C(=O)Nc2nnc(C(C)(C)C)s2)n1. The molecule has 8 heteroatoms. The molecule has 3 rings (SSSR count). The molecule has 0 aliphatic carbocycles. The summed E-state index contributed by atoms with van der Waals surface area (Å²) in [6, 6.07) is 7.63. The summed E-state index contributed by atoms with van der Waals surface area (Å²) in [6.07, 6.45) is 0. The van der Waals surface area contributed by atoms with Crippen LogP contribution in [0.15, 0.2) is 34.0 Å². The largest absolute Gasteiger partial charge is 0.296 e. The second-order valence-electron chi connectivity index (χ2n) is 6.82. The Hall–Kier alpha value is -1.77. The Morgan fingerprint density at radius 2 is 2.00 bits per heavy atom. The minimum atomic E-state index is -0.159. The van der Waals surface area contributed by atoms with Crippen molar-refractivity contribution in [3.05, 3.63) is 51.5 Å². The van der Waals surface area contributed by atoms with Crippen molar-refractivity contribution < 1.29 is 4.79 Å². The van der Waals surface area contributed by atoms with Gasteiger partial charge in [-0.1, -0.05) is 62.1 Å².